The van der Waals surface area contributed by atoms with Gasteiger partial charge in [-0.05, 0) is 140 Å². The molecule has 1 saturated carbocycles. The molecule has 3 heterocycles. The number of nitrogens with zero attached hydrogens (tertiary/aromatic N) is 4. The Kier molecular flexibility index (Phi) is 15.0. The summed E-state index contributed by atoms with van der Waals surface area (Å²) in [6.45, 7) is 17.5. The molecule has 3 saturated heterocycles. The van der Waals surface area contributed by atoms with E-state index in [2.05, 4.69) is 129 Å². The maximum Gasteiger partial charge on any atom is 0.251 e. The van der Waals surface area contributed by atoms with Gasteiger partial charge < -0.3 is 20.3 Å². The van der Waals surface area contributed by atoms with Gasteiger partial charge in [-0.1, -0.05) is 66.6 Å². The molecule has 5 aliphatic rings. The number of piperazine rings is 1. The van der Waals surface area contributed by atoms with Gasteiger partial charge in [-0.25, -0.2) is 0 Å². The number of carbonyl (C=O) groups is 1. The number of likely N-dealkylation sites (tertiary alicyclic amines) is 1. The third kappa shape index (κ3) is 11.8. The molecule has 2 N–H and O–H groups in total. The number of benzene rings is 4. The molecule has 3 aliphatic heterocycles. The maximum absolute atomic E-state index is 13.4. The van der Waals surface area contributed by atoms with Gasteiger partial charge in [0.05, 0.1) is 13.2 Å². The van der Waals surface area contributed by atoms with Crippen LogP contribution >= 0.6 is 23.4 Å². The lowest BCUT2D eigenvalue weighted by molar-refractivity contribution is 0.0370. The van der Waals surface area contributed by atoms with Crippen molar-refractivity contribution in [3.63, 3.8) is 0 Å². The molecule has 0 spiro atoms. The lowest BCUT2D eigenvalue weighted by Gasteiger charge is -2.43. The zero-order valence-electron chi connectivity index (χ0n) is 38.2. The van der Waals surface area contributed by atoms with Crippen LogP contribution in [0.25, 0.3) is 5.57 Å². The third-order valence-corrected chi connectivity index (χ3v) is 16.2. The summed E-state index contributed by atoms with van der Waals surface area (Å²) in [6.07, 6.45) is 8.91. The van der Waals surface area contributed by atoms with Gasteiger partial charge in [0.15, 0.2) is 0 Å². The van der Waals surface area contributed by atoms with E-state index in [4.69, 9.17) is 16.3 Å². The molecule has 1 amide bonds. The first-order valence-corrected chi connectivity index (χ1v) is 25.5. The summed E-state index contributed by atoms with van der Waals surface area (Å²) in [5, 5.41) is 7.86. The highest BCUT2D eigenvalue weighted by atomic mass is 35.5. The first-order valence-electron chi connectivity index (χ1n) is 24.1. The molecule has 340 valence electrons. The van der Waals surface area contributed by atoms with Crippen LogP contribution in [0.5, 0.6) is 0 Å². The van der Waals surface area contributed by atoms with E-state index in [1.165, 1.54) is 66.9 Å². The molecule has 9 rings (SSSR count). The smallest absolute Gasteiger partial charge is 0.251 e. The van der Waals surface area contributed by atoms with E-state index < -0.39 is 0 Å². The van der Waals surface area contributed by atoms with Crippen LogP contribution in [0.4, 0.5) is 11.4 Å². The first-order chi connectivity index (χ1) is 31.2. The summed E-state index contributed by atoms with van der Waals surface area (Å²) in [5.41, 5.74) is 10.2. The number of anilines is 2. The monoisotopic (exact) mass is 900 g/mol. The summed E-state index contributed by atoms with van der Waals surface area (Å²) in [7, 11) is 0. The largest absolute Gasteiger partial charge is 0.381 e. The van der Waals surface area contributed by atoms with Crippen LogP contribution < -0.4 is 15.5 Å². The highest BCUT2D eigenvalue weighted by molar-refractivity contribution is 7.99. The molecule has 10 heteroatoms. The van der Waals surface area contributed by atoms with Gasteiger partial charge in [0, 0.05) is 117 Å². The summed E-state index contributed by atoms with van der Waals surface area (Å²) in [5.74, 6) is 1.89. The summed E-state index contributed by atoms with van der Waals surface area (Å²) < 4.78 is 5.58. The van der Waals surface area contributed by atoms with Crippen molar-refractivity contribution < 1.29 is 9.53 Å². The van der Waals surface area contributed by atoms with E-state index in [-0.39, 0.29) is 5.91 Å². The van der Waals surface area contributed by atoms with Crippen LogP contribution in [0.3, 0.4) is 0 Å². The molecule has 2 bridgehead atoms. The number of amides is 1. The molecule has 1 unspecified atom stereocenters. The molecule has 4 aromatic carbocycles. The van der Waals surface area contributed by atoms with Crippen molar-refractivity contribution >= 4 is 46.2 Å². The molecular weight excluding hydrogens is 832 g/mol. The van der Waals surface area contributed by atoms with Crippen LogP contribution in [-0.4, -0.2) is 117 Å². The van der Waals surface area contributed by atoms with Gasteiger partial charge in [-0.15, -0.1) is 11.8 Å². The zero-order chi connectivity index (χ0) is 43.9. The highest BCUT2D eigenvalue weighted by Crippen LogP contribution is 2.46. The Balaban J connectivity index is 0.762. The highest BCUT2D eigenvalue weighted by Gasteiger charge is 2.42. The number of thioether (sulfide) groups is 1. The minimum absolute atomic E-state index is 0.0428. The number of morpholine rings is 1. The second kappa shape index (κ2) is 21.2. The van der Waals surface area contributed by atoms with Crippen molar-refractivity contribution in [3.8, 4) is 0 Å². The fourth-order valence-electron chi connectivity index (χ4n) is 11.1. The molecule has 4 atom stereocenters. The van der Waals surface area contributed by atoms with Crippen LogP contribution in [0.1, 0.15) is 78.9 Å². The Morgan fingerprint density at radius 2 is 1.69 bits per heavy atom. The average molecular weight is 902 g/mol. The van der Waals surface area contributed by atoms with Crippen molar-refractivity contribution in [2.75, 3.05) is 94.6 Å². The number of halogens is 1. The maximum atomic E-state index is 13.4. The number of hydrogen-bond acceptors (Lipinski definition) is 8. The van der Waals surface area contributed by atoms with Crippen molar-refractivity contribution in [1.29, 1.82) is 0 Å². The van der Waals surface area contributed by atoms with Crippen molar-refractivity contribution in [2.45, 2.75) is 82.3 Å². The van der Waals surface area contributed by atoms with Gasteiger partial charge in [0.2, 0.25) is 0 Å². The van der Waals surface area contributed by atoms with Gasteiger partial charge in [-0.3, -0.25) is 19.5 Å². The number of piperidine rings is 1. The lowest BCUT2D eigenvalue weighted by atomic mass is 9.71. The lowest BCUT2D eigenvalue weighted by Crippen LogP contribution is -2.48. The van der Waals surface area contributed by atoms with E-state index in [1.807, 2.05) is 23.9 Å². The first kappa shape index (κ1) is 45.3. The van der Waals surface area contributed by atoms with E-state index in [0.29, 0.717) is 23.6 Å². The number of rotatable bonds is 17. The van der Waals surface area contributed by atoms with E-state index in [0.717, 1.165) is 112 Å². The summed E-state index contributed by atoms with van der Waals surface area (Å²) in [4.78, 5) is 25.2. The number of carbonyl (C=O) groups excluding carboxylic acids is 1. The number of aryl methyl sites for hydroxylation is 1. The van der Waals surface area contributed by atoms with Gasteiger partial charge >= 0.3 is 0 Å². The SMILES string of the molecule is Cc1cc(CNC(=O)c2ccc(N3CCN(CC4=C(c5ccc(Cl)cc5)CCC(C)(CN5C[C@H]6CC[C@@H]5C6)C4)CC3)cc2)ccc1N[C@H](CCN1CCOCC1)CSc1ccccc1. The molecule has 0 aromatic heterocycles. The predicted molar refractivity (Wildman–Crippen MR) is 267 cm³/mol. The van der Waals surface area contributed by atoms with E-state index in [1.54, 1.807) is 11.1 Å². The molecular formula is C54H69ClN6O2S. The zero-order valence-corrected chi connectivity index (χ0v) is 39.8. The van der Waals surface area contributed by atoms with Gasteiger partial charge in [-0.2, -0.15) is 0 Å². The Morgan fingerprint density at radius 1 is 0.906 bits per heavy atom. The fraction of sp³-hybridized carbons (Fsp3) is 0.500. The number of fused-ring (bicyclic) bond motifs is 2. The number of ether oxygens (including phenoxy) is 1. The Morgan fingerprint density at radius 3 is 2.41 bits per heavy atom. The third-order valence-electron chi connectivity index (χ3n) is 14.8. The van der Waals surface area contributed by atoms with Crippen molar-refractivity contribution in [3.05, 3.63) is 130 Å². The fourth-order valence-corrected chi connectivity index (χ4v) is 12.3. The van der Waals surface area contributed by atoms with E-state index >= 15 is 0 Å². The molecule has 64 heavy (non-hydrogen) atoms. The minimum Gasteiger partial charge on any atom is -0.381 e. The van der Waals surface area contributed by atoms with Crippen molar-refractivity contribution in [2.24, 2.45) is 11.3 Å². The Labute approximate surface area is 392 Å². The van der Waals surface area contributed by atoms with Gasteiger partial charge in [0.25, 0.3) is 5.91 Å². The normalized spacial score (nSPS) is 23.7. The predicted octanol–water partition coefficient (Wildman–Crippen LogP) is 10.1. The molecule has 2 aliphatic carbocycles. The molecule has 4 aromatic rings. The Hall–Kier alpha value is -3.83. The number of hydrogen-bond donors (Lipinski definition) is 2. The summed E-state index contributed by atoms with van der Waals surface area (Å²) >= 11 is 8.25. The molecule has 4 fully saturated rings. The average Bonchev–Trinajstić information content (AvgIpc) is 3.95. The standard InChI is InChI=1S/C54H69ClN6O2S/c1-40-32-41(9-19-52(40)57-47(21-23-58-28-30-63-31-29-58)38-64-50-6-4-3-5-7-50)35-56-53(62)44-12-17-48(18-13-44)60-26-24-59(25-27-60)37-45-34-54(2,39-61-36-42-8-16-49(61)33-42)22-20-51(45)43-10-14-46(55)15-11-43/h3-7,9-15,17-19,32,42,47,49,57H,8,16,20-31,33-39H2,1-2H3,(H,56,62)/t42-,47+,49+,54?/m0/s1. The van der Waals surface area contributed by atoms with E-state index in [9.17, 15) is 4.79 Å². The van der Waals surface area contributed by atoms with Crippen LogP contribution in [0.15, 0.2) is 108 Å². The van der Waals surface area contributed by atoms with Crippen LogP contribution in [0.2, 0.25) is 5.02 Å². The number of allylic oxidation sites excluding steroid dienone is 1. The van der Waals surface area contributed by atoms with Gasteiger partial charge in [0.1, 0.15) is 0 Å². The second-order valence-electron chi connectivity index (χ2n) is 19.7. The molecule has 0 radical (unpaired) electrons. The minimum atomic E-state index is -0.0428. The summed E-state index contributed by atoms with van der Waals surface area (Å²) in [6, 6.07) is 35.1. The Bertz CT molecular complexity index is 2190. The second-order valence-corrected chi connectivity index (χ2v) is 21.2. The quantitative estimate of drug-likeness (QED) is 0.102. The molecule has 8 nitrogen and oxygen atoms in total. The van der Waals surface area contributed by atoms with Crippen molar-refractivity contribution in [1.82, 2.24) is 20.0 Å². The topological polar surface area (TPSA) is 63.3 Å². The van der Waals surface area contributed by atoms with Crippen LogP contribution in [0, 0.1) is 18.3 Å². The number of nitrogens with one attached hydrogen (secondary N) is 2. The van der Waals surface area contributed by atoms with Crippen LogP contribution in [-0.2, 0) is 11.3 Å².